The normalized spacial score (nSPS) is 18.0. The lowest BCUT2D eigenvalue weighted by atomic mass is 9.93. The molecule has 1 saturated heterocycles. The van der Waals surface area contributed by atoms with Crippen molar-refractivity contribution in [2.75, 3.05) is 13.1 Å². The fourth-order valence-corrected chi connectivity index (χ4v) is 4.21. The average Bonchev–Trinajstić information content (AvgIpc) is 2.70. The van der Waals surface area contributed by atoms with Crippen molar-refractivity contribution in [1.82, 2.24) is 4.90 Å². The molecule has 0 radical (unpaired) electrons. The van der Waals surface area contributed by atoms with Crippen LogP contribution in [0.5, 0.6) is 0 Å². The van der Waals surface area contributed by atoms with Crippen LogP contribution in [0, 0.1) is 5.41 Å². The quantitative estimate of drug-likeness (QED) is 0.744. The molecule has 4 nitrogen and oxygen atoms in total. The lowest BCUT2D eigenvalue weighted by Gasteiger charge is -2.20. The first kappa shape index (κ1) is 16.9. The first-order chi connectivity index (χ1) is 9.51. The van der Waals surface area contributed by atoms with Gasteiger partial charge in [-0.05, 0) is 24.0 Å². The Labute approximate surface area is 138 Å². The third-order valence-corrected chi connectivity index (χ3v) is 5.55. The molecular formula is C13H14Cl3NO3S. The second kappa shape index (κ2) is 5.61. The average molecular weight is 371 g/mol. The Balaban J connectivity index is 2.46. The van der Waals surface area contributed by atoms with Crippen LogP contribution >= 0.6 is 33.9 Å². The first-order valence-electron chi connectivity index (χ1n) is 6.24. The van der Waals surface area contributed by atoms with Crippen molar-refractivity contribution >= 4 is 48.8 Å². The maximum atomic E-state index is 12.5. The molecule has 1 aromatic carbocycles. The fraction of sp³-hybridized carbons (Fsp3) is 0.462. The van der Waals surface area contributed by atoms with E-state index in [2.05, 4.69) is 13.8 Å². The molecule has 0 aromatic heterocycles. The van der Waals surface area contributed by atoms with Gasteiger partial charge in [0.15, 0.2) is 0 Å². The van der Waals surface area contributed by atoms with E-state index in [1.165, 1.54) is 6.07 Å². The van der Waals surface area contributed by atoms with Crippen LogP contribution in [0.1, 0.15) is 30.6 Å². The van der Waals surface area contributed by atoms with Crippen molar-refractivity contribution in [3.8, 4) is 0 Å². The highest BCUT2D eigenvalue weighted by atomic mass is 35.7. The number of rotatable bonds is 2. The largest absolute Gasteiger partial charge is 0.338 e. The molecule has 0 spiro atoms. The molecule has 0 aliphatic carbocycles. The second-order valence-electron chi connectivity index (χ2n) is 5.84. The van der Waals surface area contributed by atoms with Crippen molar-refractivity contribution in [2.45, 2.75) is 25.2 Å². The summed E-state index contributed by atoms with van der Waals surface area (Å²) in [5.41, 5.74) is 0.0864. The Morgan fingerprint density at radius 1 is 1.29 bits per heavy atom. The van der Waals surface area contributed by atoms with E-state index >= 15 is 0 Å². The van der Waals surface area contributed by atoms with Crippen molar-refractivity contribution in [1.29, 1.82) is 0 Å². The Bertz CT molecular complexity index is 701. The monoisotopic (exact) mass is 369 g/mol. The molecular weight excluding hydrogens is 357 g/mol. The number of hydrogen-bond donors (Lipinski definition) is 0. The van der Waals surface area contributed by atoms with Gasteiger partial charge < -0.3 is 4.90 Å². The van der Waals surface area contributed by atoms with E-state index < -0.39 is 9.05 Å². The third-order valence-electron chi connectivity index (χ3n) is 3.46. The Kier molecular flexibility index (Phi) is 4.51. The van der Waals surface area contributed by atoms with Crippen molar-refractivity contribution in [2.24, 2.45) is 5.41 Å². The summed E-state index contributed by atoms with van der Waals surface area (Å²) in [5.74, 6) is -0.338. The minimum atomic E-state index is -4.07. The van der Waals surface area contributed by atoms with Gasteiger partial charge >= 0.3 is 0 Å². The molecule has 0 unspecified atom stereocenters. The molecule has 1 aliphatic heterocycles. The van der Waals surface area contributed by atoms with Crippen LogP contribution in [0.25, 0.3) is 0 Å². The molecule has 21 heavy (non-hydrogen) atoms. The van der Waals surface area contributed by atoms with Crippen LogP contribution in [0.4, 0.5) is 0 Å². The Morgan fingerprint density at radius 3 is 2.38 bits per heavy atom. The highest BCUT2D eigenvalue weighted by Crippen LogP contribution is 2.35. The highest BCUT2D eigenvalue weighted by molar-refractivity contribution is 8.13. The van der Waals surface area contributed by atoms with Crippen molar-refractivity contribution < 1.29 is 13.2 Å². The molecule has 1 heterocycles. The van der Waals surface area contributed by atoms with Crippen LogP contribution in [0.3, 0.4) is 0 Å². The number of nitrogens with zero attached hydrogens (tertiary/aromatic N) is 1. The van der Waals surface area contributed by atoms with Gasteiger partial charge in [-0.15, -0.1) is 0 Å². The molecule has 0 N–H and O–H groups in total. The van der Waals surface area contributed by atoms with E-state index in [1.54, 1.807) is 4.90 Å². The number of carbonyl (C=O) groups excluding carboxylic acids is 1. The molecule has 2 rings (SSSR count). The van der Waals surface area contributed by atoms with E-state index in [-0.39, 0.29) is 31.8 Å². The second-order valence-corrected chi connectivity index (χ2v) is 9.19. The molecule has 0 saturated carbocycles. The predicted octanol–water partition coefficient (Wildman–Crippen LogP) is 3.79. The fourth-order valence-electron chi connectivity index (χ4n) is 2.35. The molecule has 116 valence electrons. The van der Waals surface area contributed by atoms with Gasteiger partial charge in [0.2, 0.25) is 0 Å². The number of halogens is 3. The number of benzene rings is 1. The zero-order valence-electron chi connectivity index (χ0n) is 11.5. The number of hydrogen-bond acceptors (Lipinski definition) is 3. The maximum Gasteiger partial charge on any atom is 0.262 e. The van der Waals surface area contributed by atoms with Gasteiger partial charge in [0, 0.05) is 28.8 Å². The van der Waals surface area contributed by atoms with E-state index in [9.17, 15) is 13.2 Å². The van der Waals surface area contributed by atoms with Crippen LogP contribution in [-0.4, -0.2) is 32.3 Å². The lowest BCUT2D eigenvalue weighted by Crippen LogP contribution is -2.30. The zero-order chi connectivity index (χ0) is 16.0. The van der Waals surface area contributed by atoms with Gasteiger partial charge in [-0.2, -0.15) is 0 Å². The summed E-state index contributed by atoms with van der Waals surface area (Å²) >= 11 is 11.9. The number of likely N-dealkylation sites (tertiary alicyclic amines) is 1. The summed E-state index contributed by atoms with van der Waals surface area (Å²) in [7, 11) is 1.25. The van der Waals surface area contributed by atoms with Crippen LogP contribution < -0.4 is 0 Å². The van der Waals surface area contributed by atoms with Crippen LogP contribution in [0.15, 0.2) is 17.0 Å². The van der Waals surface area contributed by atoms with E-state index in [1.807, 2.05) is 0 Å². The predicted molar refractivity (Wildman–Crippen MR) is 83.8 cm³/mol. The van der Waals surface area contributed by atoms with Crippen molar-refractivity contribution in [3.05, 3.63) is 27.7 Å². The minimum Gasteiger partial charge on any atom is -0.338 e. The first-order valence-corrected chi connectivity index (χ1v) is 9.31. The van der Waals surface area contributed by atoms with Gasteiger partial charge in [-0.3, -0.25) is 4.79 Å². The Morgan fingerprint density at radius 2 is 1.90 bits per heavy atom. The standard InChI is InChI=1S/C13H14Cl3NO3S/c1-13(2)3-4-17(7-13)12(18)9-5-8(14)6-10(11(9)15)21(16,19)20/h5-6H,3-4,7H2,1-2H3. The van der Waals surface area contributed by atoms with E-state index in [0.29, 0.717) is 13.1 Å². The summed E-state index contributed by atoms with van der Waals surface area (Å²) in [4.78, 5) is 13.8. The molecule has 1 aromatic rings. The van der Waals surface area contributed by atoms with E-state index in [4.69, 9.17) is 33.9 Å². The number of amides is 1. The van der Waals surface area contributed by atoms with Gasteiger partial charge in [0.05, 0.1) is 10.6 Å². The van der Waals surface area contributed by atoms with Gasteiger partial charge in [0.1, 0.15) is 4.90 Å². The van der Waals surface area contributed by atoms with Gasteiger partial charge in [-0.1, -0.05) is 37.0 Å². The van der Waals surface area contributed by atoms with Gasteiger partial charge in [0.25, 0.3) is 15.0 Å². The zero-order valence-corrected chi connectivity index (χ0v) is 14.6. The molecule has 1 fully saturated rings. The highest BCUT2D eigenvalue weighted by Gasteiger charge is 2.34. The third kappa shape index (κ3) is 3.65. The summed E-state index contributed by atoms with van der Waals surface area (Å²) in [5, 5.41) is -0.0930. The molecule has 0 atom stereocenters. The summed E-state index contributed by atoms with van der Waals surface area (Å²) in [6.45, 7) is 5.30. The van der Waals surface area contributed by atoms with Crippen LogP contribution in [-0.2, 0) is 9.05 Å². The molecule has 0 bridgehead atoms. The minimum absolute atomic E-state index is 0.0299. The van der Waals surface area contributed by atoms with Crippen molar-refractivity contribution in [3.63, 3.8) is 0 Å². The van der Waals surface area contributed by atoms with Crippen LogP contribution in [0.2, 0.25) is 10.0 Å². The molecule has 1 amide bonds. The Hall–Kier alpha value is -0.490. The summed E-state index contributed by atoms with van der Waals surface area (Å²) < 4.78 is 23.0. The van der Waals surface area contributed by atoms with Gasteiger partial charge in [-0.25, -0.2) is 8.42 Å². The van der Waals surface area contributed by atoms with E-state index in [0.717, 1.165) is 12.5 Å². The lowest BCUT2D eigenvalue weighted by molar-refractivity contribution is 0.0778. The summed E-state index contributed by atoms with van der Waals surface area (Å²) in [6.07, 6.45) is 0.873. The smallest absolute Gasteiger partial charge is 0.262 e. The molecule has 1 aliphatic rings. The number of carbonyl (C=O) groups is 1. The maximum absolute atomic E-state index is 12.5. The summed E-state index contributed by atoms with van der Waals surface area (Å²) in [6, 6.07) is 2.50. The molecule has 8 heteroatoms. The SMILES string of the molecule is CC1(C)CCN(C(=O)c2cc(Cl)cc(S(=O)(=O)Cl)c2Cl)C1. The topological polar surface area (TPSA) is 54.5 Å².